The predicted molar refractivity (Wildman–Crippen MR) is 188 cm³/mol. The lowest BCUT2D eigenvalue weighted by molar-refractivity contribution is -0.152. The fraction of sp³-hybridized carbons (Fsp3) is 0.514. The molecule has 3 heterocycles. The highest BCUT2D eigenvalue weighted by Gasteiger charge is 2.39. The Balaban J connectivity index is 1.14. The molecular weight excluding hydrogens is 678 g/mol. The summed E-state index contributed by atoms with van der Waals surface area (Å²) >= 11 is 1.40. The van der Waals surface area contributed by atoms with Crippen LogP contribution in [0, 0.1) is 0 Å². The first-order valence-electron chi connectivity index (χ1n) is 17.0. The van der Waals surface area contributed by atoms with Crippen LogP contribution in [0.25, 0.3) is 20.8 Å². The number of nitrogens with zero attached hydrogens (tertiary/aromatic N) is 3. The molecule has 0 radical (unpaired) electrons. The van der Waals surface area contributed by atoms with Crippen LogP contribution in [0.15, 0.2) is 42.5 Å². The Morgan fingerprint density at radius 3 is 1.92 bits per heavy atom. The number of ketones is 1. The summed E-state index contributed by atoms with van der Waals surface area (Å²) in [5.41, 5.74) is 0.993. The smallest absolute Gasteiger partial charge is 0.411 e. The van der Waals surface area contributed by atoms with Crippen molar-refractivity contribution >= 4 is 51.5 Å². The molecule has 0 spiro atoms. The molecule has 3 atom stereocenters. The summed E-state index contributed by atoms with van der Waals surface area (Å²) < 4.78 is 22.4. The Morgan fingerprint density at radius 2 is 1.37 bits per heavy atom. The minimum absolute atomic E-state index is 0.276. The molecule has 0 aliphatic carbocycles. The largest absolute Gasteiger partial charge is 0.461 e. The van der Waals surface area contributed by atoms with E-state index in [9.17, 15) is 29.1 Å². The van der Waals surface area contributed by atoms with Crippen LogP contribution in [0.4, 0.5) is 9.59 Å². The van der Waals surface area contributed by atoms with Gasteiger partial charge in [0.1, 0.15) is 41.0 Å². The number of amides is 2. The molecule has 1 aromatic heterocycles. The maximum absolute atomic E-state index is 12.8. The minimum atomic E-state index is -1.09. The number of hydrogen-bond donors (Lipinski definition) is 1. The number of rotatable bonds is 9. The summed E-state index contributed by atoms with van der Waals surface area (Å²) in [5.74, 6) is -1.61. The number of carbonyl (C=O) groups is 5. The molecule has 1 N–H and O–H groups in total. The van der Waals surface area contributed by atoms with Gasteiger partial charge in [0.2, 0.25) is 0 Å². The number of Topliss-reactive ketones (excluding diaryl/α,β-unsaturated/α-hetero) is 1. The van der Waals surface area contributed by atoms with Crippen LogP contribution >= 0.6 is 11.3 Å². The summed E-state index contributed by atoms with van der Waals surface area (Å²) in [6.07, 6.45) is -0.0515. The quantitative estimate of drug-likeness (QED) is 0.155. The molecule has 2 amide bonds. The van der Waals surface area contributed by atoms with Crippen molar-refractivity contribution in [2.75, 3.05) is 26.3 Å². The number of carbonyl (C=O) groups excluding carboxylic acids is 5. The highest BCUT2D eigenvalue weighted by atomic mass is 32.1. The lowest BCUT2D eigenvalue weighted by atomic mass is 10.1. The van der Waals surface area contributed by atoms with Gasteiger partial charge in [-0.2, -0.15) is 0 Å². The van der Waals surface area contributed by atoms with E-state index in [-0.39, 0.29) is 12.4 Å². The predicted octanol–water partition coefficient (Wildman–Crippen LogP) is 6.06. The van der Waals surface area contributed by atoms with Crippen molar-refractivity contribution in [3.05, 3.63) is 53.6 Å². The van der Waals surface area contributed by atoms with E-state index in [0.29, 0.717) is 60.4 Å². The first-order chi connectivity index (χ1) is 24.0. The number of aromatic nitrogens is 1. The molecule has 51 heavy (non-hydrogen) atoms. The zero-order valence-corrected chi connectivity index (χ0v) is 30.6. The number of aliphatic hydroxyl groups excluding tert-OH is 1. The molecule has 2 fully saturated rings. The van der Waals surface area contributed by atoms with E-state index in [0.717, 1.165) is 10.3 Å². The van der Waals surface area contributed by atoms with Crippen molar-refractivity contribution in [3.63, 3.8) is 0 Å². The first-order valence-corrected chi connectivity index (χ1v) is 17.9. The molecule has 2 aromatic carbocycles. The molecule has 0 saturated carbocycles. The van der Waals surface area contributed by atoms with Gasteiger partial charge in [-0.15, -0.1) is 11.3 Å². The van der Waals surface area contributed by atoms with Crippen molar-refractivity contribution in [2.45, 2.75) is 96.6 Å². The van der Waals surface area contributed by atoms with Gasteiger partial charge >= 0.3 is 24.1 Å². The van der Waals surface area contributed by atoms with Gasteiger partial charge in [-0.05, 0) is 84.9 Å². The number of ether oxygens (including phenoxy) is 4. The van der Waals surface area contributed by atoms with E-state index in [4.69, 9.17) is 18.9 Å². The molecule has 274 valence electrons. The number of thiazole rings is 1. The zero-order valence-electron chi connectivity index (χ0n) is 29.8. The number of aliphatic hydroxyl groups is 1. The van der Waals surface area contributed by atoms with Crippen molar-refractivity contribution in [2.24, 2.45) is 0 Å². The summed E-state index contributed by atoms with van der Waals surface area (Å²) in [7, 11) is 0. The molecule has 3 aromatic rings. The van der Waals surface area contributed by atoms with Gasteiger partial charge in [0.15, 0.2) is 12.4 Å². The van der Waals surface area contributed by atoms with Crippen molar-refractivity contribution in [1.82, 2.24) is 14.8 Å². The van der Waals surface area contributed by atoms with Crippen LogP contribution in [0.1, 0.15) is 89.3 Å². The summed E-state index contributed by atoms with van der Waals surface area (Å²) in [5, 5.41) is 11.5. The summed E-state index contributed by atoms with van der Waals surface area (Å²) in [6.45, 7) is 10.6. The van der Waals surface area contributed by atoms with E-state index in [1.807, 2.05) is 0 Å². The Kier molecular flexibility index (Phi) is 11.3. The lowest BCUT2D eigenvalue weighted by Crippen LogP contribution is -2.44. The third kappa shape index (κ3) is 9.61. The topological polar surface area (TPSA) is 162 Å². The zero-order chi connectivity index (χ0) is 37.1. The van der Waals surface area contributed by atoms with Crippen molar-refractivity contribution < 1.29 is 48.0 Å². The van der Waals surface area contributed by atoms with Crippen LogP contribution in [0.5, 0.6) is 0 Å². The van der Waals surface area contributed by atoms with E-state index in [2.05, 4.69) is 4.98 Å². The SMILES string of the molecule is CC(C)(C)OC(=O)N1CCCC1C(=O)OCC(=O)c1ccc(-c2nc3ccc(C(O)COC(=O)C4CCCN4C(=O)OC(C)(C)C)cc3s2)cc1. The number of likely N-dealkylation sites (tertiary alicyclic amines) is 2. The van der Waals surface area contributed by atoms with Crippen LogP contribution in [-0.4, -0.2) is 99.4 Å². The van der Waals surface area contributed by atoms with Crippen LogP contribution in [0.3, 0.4) is 0 Å². The van der Waals surface area contributed by atoms with Gasteiger partial charge in [0, 0.05) is 24.2 Å². The molecule has 2 saturated heterocycles. The Bertz CT molecular complexity index is 1780. The van der Waals surface area contributed by atoms with Crippen molar-refractivity contribution in [3.8, 4) is 10.6 Å². The van der Waals surface area contributed by atoms with E-state index in [1.54, 1.807) is 84.0 Å². The number of fused-ring (bicyclic) bond motifs is 1. The highest BCUT2D eigenvalue weighted by molar-refractivity contribution is 7.21. The summed E-state index contributed by atoms with van der Waals surface area (Å²) in [4.78, 5) is 70.9. The van der Waals surface area contributed by atoms with Crippen LogP contribution < -0.4 is 0 Å². The monoisotopic (exact) mass is 723 g/mol. The van der Waals surface area contributed by atoms with Crippen LogP contribution in [-0.2, 0) is 28.5 Å². The van der Waals surface area contributed by atoms with E-state index < -0.39 is 60.1 Å². The normalized spacial score (nSPS) is 18.4. The average molecular weight is 724 g/mol. The molecule has 0 bridgehead atoms. The molecule has 2 aliphatic heterocycles. The highest BCUT2D eigenvalue weighted by Crippen LogP contribution is 2.32. The standard InChI is InChI=1S/C37H45N3O10S/c1-36(2,3)49-34(45)39-17-7-9-26(39)32(43)47-20-28(41)22-11-13-23(14-12-22)31-38-25-16-15-24(19-30(25)51-31)29(42)21-48-33(44)27-10-8-18-40(27)35(46)50-37(4,5)6/h11-16,19,26-27,29,42H,7-10,17-18,20-21H2,1-6H3. The van der Waals surface area contributed by atoms with Gasteiger partial charge in [0.05, 0.1) is 10.2 Å². The Hall–Kier alpha value is -4.56. The third-order valence-electron chi connectivity index (χ3n) is 8.29. The molecular formula is C37H45N3O10S. The second-order valence-electron chi connectivity index (χ2n) is 14.7. The maximum atomic E-state index is 12.8. The summed E-state index contributed by atoms with van der Waals surface area (Å²) in [6, 6.07) is 10.5. The average Bonchev–Trinajstić information content (AvgIpc) is 3.84. The molecule has 13 nitrogen and oxygen atoms in total. The number of hydrogen-bond acceptors (Lipinski definition) is 12. The fourth-order valence-corrected chi connectivity index (χ4v) is 6.86. The van der Waals surface area contributed by atoms with Gasteiger partial charge in [0.25, 0.3) is 0 Å². The van der Waals surface area contributed by atoms with E-state index in [1.165, 1.54) is 21.1 Å². The van der Waals surface area contributed by atoms with Gasteiger partial charge in [-0.3, -0.25) is 14.6 Å². The van der Waals surface area contributed by atoms with Gasteiger partial charge in [-0.1, -0.05) is 30.3 Å². The number of benzene rings is 2. The maximum Gasteiger partial charge on any atom is 0.411 e. The van der Waals surface area contributed by atoms with Crippen LogP contribution in [0.2, 0.25) is 0 Å². The molecule has 5 rings (SSSR count). The first kappa shape index (κ1) is 37.7. The van der Waals surface area contributed by atoms with E-state index >= 15 is 0 Å². The molecule has 3 unspecified atom stereocenters. The Labute approximate surface area is 300 Å². The third-order valence-corrected chi connectivity index (χ3v) is 9.35. The minimum Gasteiger partial charge on any atom is -0.461 e. The second kappa shape index (κ2) is 15.4. The lowest BCUT2D eigenvalue weighted by Gasteiger charge is -2.27. The Morgan fingerprint density at radius 1 is 0.824 bits per heavy atom. The second-order valence-corrected chi connectivity index (χ2v) is 15.7. The van der Waals surface area contributed by atoms with Gasteiger partial charge < -0.3 is 24.1 Å². The fourth-order valence-electron chi connectivity index (χ4n) is 5.84. The molecule has 2 aliphatic rings. The molecule has 14 heteroatoms. The van der Waals surface area contributed by atoms with Gasteiger partial charge in [-0.25, -0.2) is 24.2 Å². The van der Waals surface area contributed by atoms with Crippen molar-refractivity contribution in [1.29, 1.82) is 0 Å². The number of esters is 2.